The first-order chi connectivity index (χ1) is 13.1. The molecule has 0 radical (unpaired) electrons. The van der Waals surface area contributed by atoms with Crippen LogP contribution in [0.5, 0.6) is 0 Å². The molecule has 2 aliphatic carbocycles. The van der Waals surface area contributed by atoms with Gasteiger partial charge in [-0.05, 0) is 57.3 Å². The van der Waals surface area contributed by atoms with Gasteiger partial charge in [-0.25, -0.2) is 0 Å². The molecule has 2 rings (SSSR count). The lowest BCUT2D eigenvalue weighted by molar-refractivity contribution is -0.123. The van der Waals surface area contributed by atoms with Crippen LogP contribution in [0.3, 0.4) is 0 Å². The number of hydrogen-bond acceptors (Lipinski definition) is 4. The normalized spacial score (nSPS) is 26.5. The highest BCUT2D eigenvalue weighted by atomic mass is 16.5. The number of nitrogens with one attached hydrogen (secondary N) is 1. The number of amides is 1. The molecule has 2 fully saturated rings. The topological polar surface area (TPSA) is 67.8 Å². The first kappa shape index (κ1) is 22.6. The number of carbonyl (C=O) groups is 1. The summed E-state index contributed by atoms with van der Waals surface area (Å²) in [6, 6.07) is 0.105. The zero-order valence-electron chi connectivity index (χ0n) is 17.5. The quantitative estimate of drug-likeness (QED) is 0.569. The molecule has 2 aliphatic rings. The van der Waals surface area contributed by atoms with Crippen LogP contribution >= 0.6 is 0 Å². The molecular weight excluding hydrogens is 342 g/mol. The molecule has 0 aromatic carbocycles. The summed E-state index contributed by atoms with van der Waals surface area (Å²) in [4.78, 5) is 12.5. The number of carbonyl (C=O) groups excluding carboxylic acids is 1. The second kappa shape index (κ2) is 12.7. The third-order valence-electron chi connectivity index (χ3n) is 6.29. The monoisotopic (exact) mass is 383 g/mol. The molecule has 2 saturated carbocycles. The Morgan fingerprint density at radius 1 is 1.04 bits per heavy atom. The van der Waals surface area contributed by atoms with E-state index in [-0.39, 0.29) is 24.2 Å². The van der Waals surface area contributed by atoms with Crippen molar-refractivity contribution in [1.82, 2.24) is 5.32 Å². The van der Waals surface area contributed by atoms with Crippen molar-refractivity contribution in [3.8, 4) is 0 Å². The highest BCUT2D eigenvalue weighted by Gasteiger charge is 2.23. The first-order valence-corrected chi connectivity index (χ1v) is 11.1. The van der Waals surface area contributed by atoms with Crippen LogP contribution < -0.4 is 5.32 Å². The number of aliphatic hydroxyl groups excluding tert-OH is 1. The summed E-state index contributed by atoms with van der Waals surface area (Å²) in [6.45, 7) is 3.17. The van der Waals surface area contributed by atoms with Gasteiger partial charge in [0.1, 0.15) is 0 Å². The Hall–Kier alpha value is -0.650. The molecule has 2 unspecified atom stereocenters. The predicted molar refractivity (Wildman–Crippen MR) is 108 cm³/mol. The summed E-state index contributed by atoms with van der Waals surface area (Å²) < 4.78 is 11.1. The maximum Gasteiger partial charge on any atom is 0.220 e. The zero-order valence-corrected chi connectivity index (χ0v) is 17.5. The van der Waals surface area contributed by atoms with Gasteiger partial charge in [0.2, 0.25) is 5.91 Å². The summed E-state index contributed by atoms with van der Waals surface area (Å²) in [5.74, 6) is 1.46. The van der Waals surface area contributed by atoms with Crippen molar-refractivity contribution < 1.29 is 19.4 Å². The Labute approximate surface area is 165 Å². The Morgan fingerprint density at radius 3 is 2.41 bits per heavy atom. The molecule has 0 aromatic heterocycles. The van der Waals surface area contributed by atoms with E-state index in [1.165, 1.54) is 32.1 Å². The van der Waals surface area contributed by atoms with Crippen LogP contribution in [0, 0.1) is 11.8 Å². The fraction of sp³-hybridized carbons (Fsp3) is 0.955. The van der Waals surface area contributed by atoms with Crippen molar-refractivity contribution in [3.63, 3.8) is 0 Å². The van der Waals surface area contributed by atoms with E-state index >= 15 is 0 Å². The minimum atomic E-state index is -0.124. The largest absolute Gasteiger partial charge is 0.393 e. The fourth-order valence-corrected chi connectivity index (χ4v) is 4.63. The second-order valence-corrected chi connectivity index (χ2v) is 8.82. The number of ether oxygens (including phenoxy) is 2. The van der Waals surface area contributed by atoms with Gasteiger partial charge < -0.3 is 19.9 Å². The van der Waals surface area contributed by atoms with Gasteiger partial charge in [0.15, 0.2) is 0 Å². The van der Waals surface area contributed by atoms with Crippen molar-refractivity contribution >= 4 is 5.91 Å². The van der Waals surface area contributed by atoms with E-state index in [1.54, 1.807) is 7.11 Å². The van der Waals surface area contributed by atoms with Gasteiger partial charge in [-0.1, -0.05) is 32.1 Å². The minimum absolute atomic E-state index is 0.0504. The van der Waals surface area contributed by atoms with E-state index in [1.807, 2.05) is 6.92 Å². The van der Waals surface area contributed by atoms with E-state index in [4.69, 9.17) is 9.47 Å². The summed E-state index contributed by atoms with van der Waals surface area (Å²) in [5, 5.41) is 12.9. The van der Waals surface area contributed by atoms with E-state index in [0.29, 0.717) is 31.5 Å². The van der Waals surface area contributed by atoms with Crippen LogP contribution in [-0.2, 0) is 14.3 Å². The first-order valence-electron chi connectivity index (χ1n) is 11.1. The summed E-state index contributed by atoms with van der Waals surface area (Å²) >= 11 is 0. The van der Waals surface area contributed by atoms with Crippen LogP contribution in [0.25, 0.3) is 0 Å². The molecule has 0 bridgehead atoms. The summed E-state index contributed by atoms with van der Waals surface area (Å²) in [5.41, 5.74) is 0. The molecule has 27 heavy (non-hydrogen) atoms. The maximum absolute atomic E-state index is 12.5. The Balaban J connectivity index is 1.75. The predicted octanol–water partition coefficient (Wildman–Crippen LogP) is 3.82. The number of hydrogen-bond donors (Lipinski definition) is 2. The zero-order chi connectivity index (χ0) is 19.5. The highest BCUT2D eigenvalue weighted by molar-refractivity contribution is 5.76. The molecule has 0 aliphatic heterocycles. The molecule has 0 heterocycles. The lowest BCUT2D eigenvalue weighted by Crippen LogP contribution is -2.41. The molecule has 0 spiro atoms. The summed E-state index contributed by atoms with van der Waals surface area (Å²) in [6.07, 6.45) is 12.9. The van der Waals surface area contributed by atoms with Crippen LogP contribution in [-0.4, -0.2) is 49.6 Å². The summed E-state index contributed by atoms with van der Waals surface area (Å²) in [7, 11) is 1.69. The van der Waals surface area contributed by atoms with Crippen molar-refractivity contribution in [2.24, 2.45) is 11.8 Å². The standard InChI is InChI=1S/C22H41NO4/c1-17(15-26-2)27-16-20(14-19-6-4-3-5-7-19)23-22(25)13-10-18-8-11-21(24)12-9-18/h17-21,24H,3-16H2,1-2H3,(H,23,25). The molecule has 0 aromatic rings. The third-order valence-corrected chi connectivity index (χ3v) is 6.29. The van der Waals surface area contributed by atoms with Gasteiger partial charge in [0.05, 0.1) is 31.5 Å². The lowest BCUT2D eigenvalue weighted by atomic mass is 9.84. The maximum atomic E-state index is 12.5. The van der Waals surface area contributed by atoms with Gasteiger partial charge in [0, 0.05) is 13.5 Å². The molecule has 158 valence electrons. The van der Waals surface area contributed by atoms with Crippen LogP contribution in [0.2, 0.25) is 0 Å². The average molecular weight is 384 g/mol. The third kappa shape index (κ3) is 9.40. The number of rotatable bonds is 11. The van der Waals surface area contributed by atoms with E-state index in [9.17, 15) is 9.90 Å². The van der Waals surface area contributed by atoms with Gasteiger partial charge >= 0.3 is 0 Å². The van der Waals surface area contributed by atoms with Gasteiger partial charge in [0.25, 0.3) is 0 Å². The SMILES string of the molecule is COCC(C)OCC(CC1CCCCC1)NC(=O)CCC1CCC(O)CC1. The fourth-order valence-electron chi connectivity index (χ4n) is 4.63. The highest BCUT2D eigenvalue weighted by Crippen LogP contribution is 2.29. The van der Waals surface area contributed by atoms with Crippen LogP contribution in [0.4, 0.5) is 0 Å². The molecule has 5 nitrogen and oxygen atoms in total. The van der Waals surface area contributed by atoms with E-state index in [2.05, 4.69) is 5.32 Å². The molecule has 2 N–H and O–H groups in total. The molecule has 2 atom stereocenters. The van der Waals surface area contributed by atoms with Crippen LogP contribution in [0.15, 0.2) is 0 Å². The minimum Gasteiger partial charge on any atom is -0.393 e. The smallest absolute Gasteiger partial charge is 0.220 e. The van der Waals surface area contributed by atoms with Gasteiger partial charge in [-0.2, -0.15) is 0 Å². The molecule has 5 heteroatoms. The Morgan fingerprint density at radius 2 is 1.74 bits per heavy atom. The second-order valence-electron chi connectivity index (χ2n) is 8.82. The van der Waals surface area contributed by atoms with E-state index in [0.717, 1.165) is 38.5 Å². The Bertz CT molecular complexity index is 403. The van der Waals surface area contributed by atoms with Crippen LogP contribution in [0.1, 0.15) is 84.0 Å². The van der Waals surface area contributed by atoms with Gasteiger partial charge in [-0.15, -0.1) is 0 Å². The molecular formula is C22H41NO4. The molecule has 0 saturated heterocycles. The molecule has 1 amide bonds. The number of methoxy groups -OCH3 is 1. The lowest BCUT2D eigenvalue weighted by Gasteiger charge is -2.28. The van der Waals surface area contributed by atoms with E-state index < -0.39 is 0 Å². The average Bonchev–Trinajstić information content (AvgIpc) is 2.67. The van der Waals surface area contributed by atoms with Crippen molar-refractivity contribution in [2.75, 3.05) is 20.3 Å². The Kier molecular flexibility index (Phi) is 10.7. The van der Waals surface area contributed by atoms with Gasteiger partial charge in [-0.3, -0.25) is 4.79 Å². The van der Waals surface area contributed by atoms with Crippen molar-refractivity contribution in [1.29, 1.82) is 0 Å². The van der Waals surface area contributed by atoms with Crippen molar-refractivity contribution in [3.05, 3.63) is 0 Å². The van der Waals surface area contributed by atoms with Crippen molar-refractivity contribution in [2.45, 2.75) is 102 Å². The number of aliphatic hydroxyl groups is 1.